The highest BCUT2D eigenvalue weighted by atomic mass is 19.1. The van der Waals surface area contributed by atoms with Crippen molar-refractivity contribution in [1.82, 2.24) is 0 Å². The zero-order valence-electron chi connectivity index (χ0n) is 9.70. The third kappa shape index (κ3) is 2.93. The number of ether oxygens (including phenoxy) is 2. The number of carbonyl (C=O) groups is 2. The summed E-state index contributed by atoms with van der Waals surface area (Å²) < 4.78 is 35.4. The number of carbonyl (C=O) groups excluding carboxylic acids is 2. The van der Waals surface area contributed by atoms with E-state index >= 15 is 0 Å². The fraction of sp³-hybridized carbons (Fsp3) is 0.273. The monoisotopic (exact) mass is 259 g/mol. The standard InChI is InChI=1S/C11H11F2NO4/c1-5(10(15)17-2)18-11(16)6-3-8(13)9(14)4-7(6)12/h3-5H,14H2,1-2H3. The van der Waals surface area contributed by atoms with Crippen LogP contribution in [0.25, 0.3) is 0 Å². The first-order chi connectivity index (χ1) is 8.36. The van der Waals surface area contributed by atoms with E-state index in [0.717, 1.165) is 7.11 Å². The molecule has 2 N–H and O–H groups in total. The SMILES string of the molecule is COC(=O)C(C)OC(=O)c1cc(F)c(N)cc1F. The smallest absolute Gasteiger partial charge is 0.346 e. The maximum Gasteiger partial charge on any atom is 0.346 e. The molecule has 0 aliphatic heterocycles. The molecule has 0 aliphatic rings. The van der Waals surface area contributed by atoms with Gasteiger partial charge in [0.05, 0.1) is 18.4 Å². The number of hydrogen-bond donors (Lipinski definition) is 1. The zero-order chi connectivity index (χ0) is 13.9. The third-order valence-corrected chi connectivity index (χ3v) is 2.12. The van der Waals surface area contributed by atoms with E-state index in [1.54, 1.807) is 0 Å². The number of nitrogens with two attached hydrogens (primary N) is 1. The number of nitrogen functional groups attached to an aromatic ring is 1. The molecule has 0 aromatic heterocycles. The van der Waals surface area contributed by atoms with Crippen LogP contribution in [0.2, 0.25) is 0 Å². The Kier molecular flexibility index (Phi) is 4.19. The van der Waals surface area contributed by atoms with Crippen LogP contribution in [-0.2, 0) is 14.3 Å². The summed E-state index contributed by atoms with van der Waals surface area (Å²) in [5.41, 5.74) is 4.05. The highest BCUT2D eigenvalue weighted by Gasteiger charge is 2.22. The number of esters is 2. The van der Waals surface area contributed by atoms with Gasteiger partial charge in [-0.1, -0.05) is 0 Å². The van der Waals surface area contributed by atoms with Crippen LogP contribution in [-0.4, -0.2) is 25.2 Å². The molecule has 0 saturated carbocycles. The van der Waals surface area contributed by atoms with Crippen LogP contribution >= 0.6 is 0 Å². The molecule has 7 heteroatoms. The van der Waals surface area contributed by atoms with Gasteiger partial charge in [-0.25, -0.2) is 18.4 Å². The molecule has 18 heavy (non-hydrogen) atoms. The zero-order valence-corrected chi connectivity index (χ0v) is 9.70. The van der Waals surface area contributed by atoms with Crippen LogP contribution in [0.5, 0.6) is 0 Å². The predicted octanol–water partition coefficient (Wildman–Crippen LogP) is 1.27. The summed E-state index contributed by atoms with van der Waals surface area (Å²) >= 11 is 0. The lowest BCUT2D eigenvalue weighted by Gasteiger charge is -2.11. The number of halogens is 2. The second kappa shape index (κ2) is 5.44. The number of benzene rings is 1. The molecule has 0 amide bonds. The van der Waals surface area contributed by atoms with Gasteiger partial charge in [-0.3, -0.25) is 0 Å². The molecular weight excluding hydrogens is 248 g/mol. The minimum atomic E-state index is -1.22. The third-order valence-electron chi connectivity index (χ3n) is 2.12. The largest absolute Gasteiger partial charge is 0.466 e. The predicted molar refractivity (Wildman–Crippen MR) is 57.7 cm³/mol. The molecule has 0 aliphatic carbocycles. The second-order valence-electron chi connectivity index (χ2n) is 3.42. The van der Waals surface area contributed by atoms with Gasteiger partial charge in [0.2, 0.25) is 0 Å². The van der Waals surface area contributed by atoms with Gasteiger partial charge in [-0.05, 0) is 13.0 Å². The Morgan fingerprint density at radius 1 is 1.28 bits per heavy atom. The average molecular weight is 259 g/mol. The van der Waals surface area contributed by atoms with Crippen molar-refractivity contribution in [2.45, 2.75) is 13.0 Å². The van der Waals surface area contributed by atoms with Crippen molar-refractivity contribution in [3.05, 3.63) is 29.3 Å². The normalized spacial score (nSPS) is 11.8. The van der Waals surface area contributed by atoms with Crippen molar-refractivity contribution in [3.8, 4) is 0 Å². The molecule has 0 saturated heterocycles. The molecule has 5 nitrogen and oxygen atoms in total. The molecule has 0 spiro atoms. The van der Waals surface area contributed by atoms with Crippen LogP contribution in [0.3, 0.4) is 0 Å². The summed E-state index contributed by atoms with van der Waals surface area (Å²) in [5.74, 6) is -3.96. The first-order valence-electron chi connectivity index (χ1n) is 4.90. The summed E-state index contributed by atoms with van der Waals surface area (Å²) in [7, 11) is 1.11. The summed E-state index contributed by atoms with van der Waals surface area (Å²) in [4.78, 5) is 22.5. The van der Waals surface area contributed by atoms with Crippen LogP contribution in [0, 0.1) is 11.6 Å². The van der Waals surface area contributed by atoms with Gasteiger partial charge in [-0.2, -0.15) is 0 Å². The lowest BCUT2D eigenvalue weighted by molar-refractivity contribution is -0.149. The van der Waals surface area contributed by atoms with E-state index in [-0.39, 0.29) is 0 Å². The molecule has 1 aromatic rings. The van der Waals surface area contributed by atoms with Crippen molar-refractivity contribution in [2.24, 2.45) is 0 Å². The number of methoxy groups -OCH3 is 1. The first kappa shape index (κ1) is 13.9. The van der Waals surface area contributed by atoms with Crippen molar-refractivity contribution in [1.29, 1.82) is 0 Å². The topological polar surface area (TPSA) is 78.6 Å². The molecule has 98 valence electrons. The van der Waals surface area contributed by atoms with Crippen LogP contribution in [0.15, 0.2) is 12.1 Å². The maximum atomic E-state index is 13.4. The molecule has 0 radical (unpaired) electrons. The Morgan fingerprint density at radius 2 is 1.89 bits per heavy atom. The molecule has 1 atom stereocenters. The molecule has 1 unspecified atom stereocenters. The van der Waals surface area contributed by atoms with Crippen molar-refractivity contribution in [2.75, 3.05) is 12.8 Å². The molecule has 0 bridgehead atoms. The van der Waals surface area contributed by atoms with Gasteiger partial charge in [0, 0.05) is 6.07 Å². The Hall–Kier alpha value is -2.18. The van der Waals surface area contributed by atoms with Crippen molar-refractivity contribution in [3.63, 3.8) is 0 Å². The quantitative estimate of drug-likeness (QED) is 0.653. The number of hydrogen-bond acceptors (Lipinski definition) is 5. The summed E-state index contributed by atoms with van der Waals surface area (Å²) in [5, 5.41) is 0. The minimum Gasteiger partial charge on any atom is -0.466 e. The maximum absolute atomic E-state index is 13.4. The lowest BCUT2D eigenvalue weighted by Crippen LogP contribution is -2.25. The summed E-state index contributed by atoms with van der Waals surface area (Å²) in [6.07, 6.45) is -1.22. The van der Waals surface area contributed by atoms with Crippen LogP contribution in [0.1, 0.15) is 17.3 Å². The molecular formula is C11H11F2NO4. The van der Waals surface area contributed by atoms with Gasteiger partial charge in [-0.15, -0.1) is 0 Å². The van der Waals surface area contributed by atoms with Gasteiger partial charge >= 0.3 is 11.9 Å². The van der Waals surface area contributed by atoms with E-state index in [1.165, 1.54) is 6.92 Å². The molecule has 0 heterocycles. The minimum absolute atomic E-state index is 0.426. The Labute approximate surface area is 101 Å². The summed E-state index contributed by atoms with van der Waals surface area (Å²) in [6.45, 7) is 1.25. The van der Waals surface area contributed by atoms with E-state index in [2.05, 4.69) is 9.47 Å². The van der Waals surface area contributed by atoms with Crippen LogP contribution in [0.4, 0.5) is 14.5 Å². The lowest BCUT2D eigenvalue weighted by atomic mass is 10.2. The fourth-order valence-corrected chi connectivity index (χ4v) is 1.16. The highest BCUT2D eigenvalue weighted by Crippen LogP contribution is 2.18. The molecule has 1 aromatic carbocycles. The number of rotatable bonds is 3. The van der Waals surface area contributed by atoms with Crippen molar-refractivity contribution >= 4 is 17.6 Å². The fourth-order valence-electron chi connectivity index (χ4n) is 1.16. The van der Waals surface area contributed by atoms with E-state index in [9.17, 15) is 18.4 Å². The Bertz CT molecular complexity index is 490. The van der Waals surface area contributed by atoms with E-state index in [0.29, 0.717) is 12.1 Å². The van der Waals surface area contributed by atoms with Gasteiger partial charge in [0.15, 0.2) is 6.10 Å². The van der Waals surface area contributed by atoms with Gasteiger partial charge in [0.1, 0.15) is 11.6 Å². The Morgan fingerprint density at radius 3 is 2.44 bits per heavy atom. The van der Waals surface area contributed by atoms with E-state index in [4.69, 9.17) is 5.73 Å². The first-order valence-corrected chi connectivity index (χ1v) is 4.90. The second-order valence-corrected chi connectivity index (χ2v) is 3.42. The van der Waals surface area contributed by atoms with Gasteiger partial charge in [0.25, 0.3) is 0 Å². The molecule has 1 rings (SSSR count). The van der Waals surface area contributed by atoms with Crippen molar-refractivity contribution < 1.29 is 27.8 Å². The van der Waals surface area contributed by atoms with E-state index in [1.807, 2.05) is 0 Å². The summed E-state index contributed by atoms with van der Waals surface area (Å²) in [6, 6.07) is 1.27. The Balaban J connectivity index is 2.91. The highest BCUT2D eigenvalue weighted by molar-refractivity contribution is 5.92. The molecule has 0 fully saturated rings. The number of anilines is 1. The van der Waals surface area contributed by atoms with E-state index < -0.39 is 40.9 Å². The van der Waals surface area contributed by atoms with Crippen LogP contribution < -0.4 is 5.73 Å². The van der Waals surface area contributed by atoms with Gasteiger partial charge < -0.3 is 15.2 Å². The average Bonchev–Trinajstić information content (AvgIpc) is 2.32.